The lowest BCUT2D eigenvalue weighted by Gasteiger charge is -2.29. The van der Waals surface area contributed by atoms with Gasteiger partial charge in [0.05, 0.1) is 6.04 Å². The Morgan fingerprint density at radius 2 is 2.50 bits per heavy atom. The molecule has 0 radical (unpaired) electrons. The second-order valence-electron chi connectivity index (χ2n) is 2.50. The maximum Gasteiger partial charge on any atom is 0.240 e. The number of carbonyl (C=O) groups is 1. The van der Waals surface area contributed by atoms with E-state index in [1.807, 2.05) is 11.9 Å². The molecule has 1 aliphatic heterocycles. The molecule has 1 unspecified atom stereocenters. The number of hydrogen-bond acceptors (Lipinski definition) is 3. The Bertz CT molecular complexity index is 140. The van der Waals surface area contributed by atoms with Crippen LogP contribution in [0, 0.1) is 0 Å². The van der Waals surface area contributed by atoms with Gasteiger partial charge in [-0.2, -0.15) is 0 Å². The van der Waals surface area contributed by atoms with Gasteiger partial charge in [0, 0.05) is 19.6 Å². The van der Waals surface area contributed by atoms with E-state index < -0.39 is 0 Å². The zero-order valence-electron chi connectivity index (χ0n) is 5.93. The summed E-state index contributed by atoms with van der Waals surface area (Å²) in [6, 6.07) is -0.129. The lowest BCUT2D eigenvalue weighted by molar-refractivity contribution is -0.116. The topological polar surface area (TPSA) is 32.3 Å². The fraction of sp³-hybridized carbons (Fsp3) is 0.833. The molecule has 4 heteroatoms. The summed E-state index contributed by atoms with van der Waals surface area (Å²) in [5.41, 5.74) is 0. The van der Waals surface area contributed by atoms with E-state index in [1.54, 1.807) is 0 Å². The lowest BCUT2D eigenvalue weighted by Crippen LogP contribution is -2.51. The Morgan fingerprint density at radius 3 is 2.90 bits per heavy atom. The second-order valence-corrected chi connectivity index (χ2v) is 2.88. The standard InChI is InChI=1S/C6H11ClN2O/c1-9-3-2-8-4-5(9)6(7)10/h5,8H,2-4H2,1H3. The van der Waals surface area contributed by atoms with Crippen LogP contribution >= 0.6 is 11.6 Å². The molecule has 0 aromatic carbocycles. The number of halogens is 1. The third kappa shape index (κ3) is 1.68. The highest BCUT2D eigenvalue weighted by Crippen LogP contribution is 2.02. The van der Waals surface area contributed by atoms with E-state index in [2.05, 4.69) is 5.32 Å². The van der Waals surface area contributed by atoms with Crippen LogP contribution in [0.3, 0.4) is 0 Å². The molecule has 0 spiro atoms. The quantitative estimate of drug-likeness (QED) is 0.536. The van der Waals surface area contributed by atoms with E-state index in [0.29, 0.717) is 6.54 Å². The summed E-state index contributed by atoms with van der Waals surface area (Å²) in [4.78, 5) is 12.7. The van der Waals surface area contributed by atoms with Crippen molar-refractivity contribution < 1.29 is 4.79 Å². The Balaban J connectivity index is 2.47. The summed E-state index contributed by atoms with van der Waals surface area (Å²) in [7, 11) is 1.91. The minimum Gasteiger partial charge on any atom is -0.313 e. The van der Waals surface area contributed by atoms with Crippen molar-refractivity contribution in [2.45, 2.75) is 6.04 Å². The number of piperazine rings is 1. The molecule has 58 valence electrons. The number of likely N-dealkylation sites (N-methyl/N-ethyl adjacent to an activating group) is 1. The van der Waals surface area contributed by atoms with Crippen molar-refractivity contribution in [1.82, 2.24) is 10.2 Å². The van der Waals surface area contributed by atoms with Gasteiger partial charge in [-0.15, -0.1) is 0 Å². The average Bonchev–Trinajstić information content (AvgIpc) is 1.88. The third-order valence-electron chi connectivity index (χ3n) is 1.77. The molecule has 1 saturated heterocycles. The Kier molecular flexibility index (Phi) is 2.65. The first kappa shape index (κ1) is 7.98. The van der Waals surface area contributed by atoms with Crippen LogP contribution in [-0.4, -0.2) is 42.9 Å². The molecule has 0 aliphatic carbocycles. The number of nitrogens with zero attached hydrogens (tertiary/aromatic N) is 1. The van der Waals surface area contributed by atoms with Crippen molar-refractivity contribution in [1.29, 1.82) is 0 Å². The van der Waals surface area contributed by atoms with Crippen molar-refractivity contribution in [3.63, 3.8) is 0 Å². The summed E-state index contributed by atoms with van der Waals surface area (Å²) in [5.74, 6) is 0. The molecule has 0 aromatic heterocycles. The highest BCUT2D eigenvalue weighted by molar-refractivity contribution is 6.64. The van der Waals surface area contributed by atoms with Gasteiger partial charge in [0.25, 0.3) is 0 Å². The number of carbonyl (C=O) groups excluding carboxylic acids is 1. The van der Waals surface area contributed by atoms with Gasteiger partial charge in [0.2, 0.25) is 5.24 Å². The predicted octanol–water partition coefficient (Wildman–Crippen LogP) is -0.345. The maximum absolute atomic E-state index is 10.7. The summed E-state index contributed by atoms with van der Waals surface area (Å²) in [6.07, 6.45) is 0. The summed E-state index contributed by atoms with van der Waals surface area (Å²) >= 11 is 5.33. The van der Waals surface area contributed by atoms with Gasteiger partial charge in [-0.1, -0.05) is 0 Å². The molecule has 1 atom stereocenters. The van der Waals surface area contributed by atoms with Crippen molar-refractivity contribution in [2.24, 2.45) is 0 Å². The maximum atomic E-state index is 10.7. The Morgan fingerprint density at radius 1 is 1.80 bits per heavy atom. The van der Waals surface area contributed by atoms with Gasteiger partial charge >= 0.3 is 0 Å². The first-order valence-electron chi connectivity index (χ1n) is 3.32. The highest BCUT2D eigenvalue weighted by Gasteiger charge is 2.23. The van der Waals surface area contributed by atoms with Crippen LogP contribution in [0.15, 0.2) is 0 Å². The van der Waals surface area contributed by atoms with E-state index in [1.165, 1.54) is 0 Å². The molecular weight excluding hydrogens is 152 g/mol. The van der Waals surface area contributed by atoms with Crippen molar-refractivity contribution in [3.8, 4) is 0 Å². The monoisotopic (exact) mass is 162 g/mol. The van der Waals surface area contributed by atoms with Crippen molar-refractivity contribution >= 4 is 16.8 Å². The van der Waals surface area contributed by atoms with Crippen LogP contribution in [0.2, 0.25) is 0 Å². The van der Waals surface area contributed by atoms with Gasteiger partial charge in [-0.25, -0.2) is 0 Å². The van der Waals surface area contributed by atoms with Crippen LogP contribution in [0.1, 0.15) is 0 Å². The zero-order chi connectivity index (χ0) is 7.56. The summed E-state index contributed by atoms with van der Waals surface area (Å²) in [5, 5.41) is 2.83. The van der Waals surface area contributed by atoms with Gasteiger partial charge < -0.3 is 5.32 Å². The summed E-state index contributed by atoms with van der Waals surface area (Å²) in [6.45, 7) is 2.51. The fourth-order valence-electron chi connectivity index (χ4n) is 1.06. The van der Waals surface area contributed by atoms with Gasteiger partial charge in [-0.05, 0) is 18.6 Å². The molecule has 0 aromatic rings. The molecular formula is C6H11ClN2O. The van der Waals surface area contributed by atoms with Crippen LogP contribution in [0.25, 0.3) is 0 Å². The first-order valence-corrected chi connectivity index (χ1v) is 3.70. The van der Waals surface area contributed by atoms with Crippen LogP contribution in [-0.2, 0) is 4.79 Å². The molecule has 0 bridgehead atoms. The highest BCUT2D eigenvalue weighted by atomic mass is 35.5. The molecule has 1 rings (SSSR count). The molecule has 10 heavy (non-hydrogen) atoms. The second kappa shape index (κ2) is 3.32. The van der Waals surface area contributed by atoms with Crippen molar-refractivity contribution in [3.05, 3.63) is 0 Å². The Hall–Kier alpha value is -0.120. The van der Waals surface area contributed by atoms with Crippen LogP contribution in [0.5, 0.6) is 0 Å². The van der Waals surface area contributed by atoms with Gasteiger partial charge in [0.15, 0.2) is 0 Å². The molecule has 1 heterocycles. The molecule has 3 nitrogen and oxygen atoms in total. The smallest absolute Gasteiger partial charge is 0.240 e. The van der Waals surface area contributed by atoms with Gasteiger partial charge in [-0.3, -0.25) is 9.69 Å². The molecule has 0 saturated carbocycles. The number of hydrogen-bond donors (Lipinski definition) is 1. The van der Waals surface area contributed by atoms with Crippen molar-refractivity contribution in [2.75, 3.05) is 26.7 Å². The number of rotatable bonds is 1. The fourth-order valence-corrected chi connectivity index (χ4v) is 1.30. The SMILES string of the molecule is CN1CCNCC1C(=O)Cl. The van der Waals surface area contributed by atoms with E-state index in [0.717, 1.165) is 13.1 Å². The largest absolute Gasteiger partial charge is 0.313 e. The third-order valence-corrected chi connectivity index (χ3v) is 2.02. The normalized spacial score (nSPS) is 28.4. The van der Waals surface area contributed by atoms with E-state index >= 15 is 0 Å². The molecule has 1 aliphatic rings. The van der Waals surface area contributed by atoms with Gasteiger partial charge in [0.1, 0.15) is 0 Å². The van der Waals surface area contributed by atoms with E-state index in [-0.39, 0.29) is 11.3 Å². The first-order chi connectivity index (χ1) is 4.72. The van der Waals surface area contributed by atoms with Crippen LogP contribution < -0.4 is 5.32 Å². The average molecular weight is 163 g/mol. The molecule has 1 fully saturated rings. The minimum atomic E-state index is -0.269. The molecule has 1 N–H and O–H groups in total. The lowest BCUT2D eigenvalue weighted by atomic mass is 10.2. The van der Waals surface area contributed by atoms with Crippen LogP contribution in [0.4, 0.5) is 0 Å². The predicted molar refractivity (Wildman–Crippen MR) is 40.1 cm³/mol. The van der Waals surface area contributed by atoms with E-state index in [9.17, 15) is 4.79 Å². The molecule has 0 amide bonds. The minimum absolute atomic E-state index is 0.129. The van der Waals surface area contributed by atoms with E-state index in [4.69, 9.17) is 11.6 Å². The Labute approximate surface area is 65.3 Å². The summed E-state index contributed by atoms with van der Waals surface area (Å²) < 4.78 is 0. The zero-order valence-corrected chi connectivity index (χ0v) is 6.69. The number of nitrogens with one attached hydrogen (secondary N) is 1.